The summed E-state index contributed by atoms with van der Waals surface area (Å²) < 4.78 is 39.9. The van der Waals surface area contributed by atoms with Gasteiger partial charge in [0.1, 0.15) is 23.7 Å². The Balaban J connectivity index is 1.23. The first kappa shape index (κ1) is 36.0. The molecule has 280 valence electrons. The molecule has 7 rings (SSSR count). The number of amides is 4. The molecule has 4 N–H and O–H groups in total. The fraction of sp³-hybridized carbons (Fsp3) is 0.595. The van der Waals surface area contributed by atoms with E-state index in [4.69, 9.17) is 14.5 Å². The fourth-order valence-corrected chi connectivity index (χ4v) is 9.34. The molecule has 7 atom stereocenters. The van der Waals surface area contributed by atoms with Gasteiger partial charge in [-0.25, -0.2) is 13.2 Å². The van der Waals surface area contributed by atoms with Crippen molar-refractivity contribution in [2.24, 2.45) is 17.8 Å². The van der Waals surface area contributed by atoms with Crippen LogP contribution in [-0.4, -0.2) is 88.8 Å². The summed E-state index contributed by atoms with van der Waals surface area (Å²) in [7, 11) is -4.00. The molecule has 1 aromatic carbocycles. The van der Waals surface area contributed by atoms with E-state index in [9.17, 15) is 32.7 Å². The number of nitrogens with zero attached hydrogens (tertiary/aromatic N) is 2. The highest BCUT2D eigenvalue weighted by Crippen LogP contribution is 2.48. The van der Waals surface area contributed by atoms with Crippen LogP contribution < -0.4 is 24.8 Å². The minimum absolute atomic E-state index is 0.0185. The van der Waals surface area contributed by atoms with Gasteiger partial charge in [-0.15, -0.1) is 0 Å². The Labute approximate surface area is 303 Å². The highest BCUT2D eigenvalue weighted by Gasteiger charge is 2.63. The van der Waals surface area contributed by atoms with Crippen LogP contribution in [0.3, 0.4) is 0 Å². The maximum Gasteiger partial charge on any atom is 0.405 e. The first-order chi connectivity index (χ1) is 24.7. The molecule has 4 heterocycles. The summed E-state index contributed by atoms with van der Waals surface area (Å²) in [5.74, 6) is -2.01. The lowest BCUT2D eigenvalue weighted by molar-refractivity contribution is -0.142. The normalized spacial score (nSPS) is 31.4. The largest absolute Gasteiger partial charge is 0.477 e. The maximum atomic E-state index is 14.4. The number of aryl methyl sites for hydroxylation is 1. The van der Waals surface area contributed by atoms with Crippen molar-refractivity contribution >= 4 is 44.6 Å². The minimum Gasteiger partial charge on any atom is -0.477 e. The number of benzene rings is 1. The van der Waals surface area contributed by atoms with Crippen LogP contribution in [0.2, 0.25) is 0 Å². The van der Waals surface area contributed by atoms with Crippen LogP contribution in [0, 0.1) is 17.8 Å². The van der Waals surface area contributed by atoms with E-state index in [-0.39, 0.29) is 25.3 Å². The Morgan fingerprint density at radius 3 is 2.62 bits per heavy atom. The molecule has 3 aliphatic heterocycles. The highest BCUT2D eigenvalue weighted by molar-refractivity contribution is 7.91. The van der Waals surface area contributed by atoms with Crippen molar-refractivity contribution in [3.8, 4) is 11.8 Å². The number of rotatable bonds is 6. The Morgan fingerprint density at radius 1 is 1.13 bits per heavy atom. The SMILES string of the molecule is C[C@H]1CCC=C[C@@H]2C[C@@]2(C(=O)NS(=O)(=O)C2(C)CC2)NC(=O)[C@@H]2C[C@@H](Oc3nc4c(c5ccccc35)CCCO4)CN2C(=O)[C@@H](NC(=O)O)[C@H](C)C1. The van der Waals surface area contributed by atoms with Gasteiger partial charge in [0, 0.05) is 23.3 Å². The Morgan fingerprint density at radius 2 is 1.88 bits per heavy atom. The van der Waals surface area contributed by atoms with Crippen molar-refractivity contribution < 1.29 is 42.2 Å². The number of nitrogens with one attached hydrogen (secondary N) is 3. The van der Waals surface area contributed by atoms with Gasteiger partial charge in [-0.2, -0.15) is 4.98 Å². The van der Waals surface area contributed by atoms with Crippen molar-refractivity contribution in [2.75, 3.05) is 13.2 Å². The zero-order valence-corrected chi connectivity index (χ0v) is 30.5. The molecule has 5 aliphatic rings. The Bertz CT molecular complexity index is 1930. The molecule has 0 radical (unpaired) electrons. The number of aromatic nitrogens is 1. The van der Waals surface area contributed by atoms with E-state index < -0.39 is 74.1 Å². The molecule has 2 aliphatic carbocycles. The first-order valence-corrected chi connectivity index (χ1v) is 19.8. The zero-order valence-electron chi connectivity index (χ0n) is 29.7. The summed E-state index contributed by atoms with van der Waals surface area (Å²) in [6.07, 6.45) is 6.38. The quantitative estimate of drug-likeness (QED) is 0.319. The summed E-state index contributed by atoms with van der Waals surface area (Å²) in [4.78, 5) is 60.7. The van der Waals surface area contributed by atoms with Crippen LogP contribution in [-0.2, 0) is 30.8 Å². The first-order valence-electron chi connectivity index (χ1n) is 18.3. The van der Waals surface area contributed by atoms with Gasteiger partial charge in [-0.1, -0.05) is 44.2 Å². The summed E-state index contributed by atoms with van der Waals surface area (Å²) in [5, 5.41) is 16.8. The third-order valence-corrected chi connectivity index (χ3v) is 13.7. The minimum atomic E-state index is -4.00. The number of pyridine rings is 1. The molecule has 3 fully saturated rings. The number of ether oxygens (including phenoxy) is 2. The zero-order chi connectivity index (χ0) is 37.0. The molecule has 4 amide bonds. The van der Waals surface area contributed by atoms with E-state index in [2.05, 4.69) is 15.4 Å². The molecule has 52 heavy (non-hydrogen) atoms. The predicted octanol–water partition coefficient (Wildman–Crippen LogP) is 3.43. The molecular formula is C37H47N5O9S. The maximum absolute atomic E-state index is 14.4. The number of sulfonamides is 1. The van der Waals surface area contributed by atoms with Crippen molar-refractivity contribution in [2.45, 2.75) is 107 Å². The number of carboxylic acid groups (broad SMARTS) is 1. The Hall–Kier alpha value is -4.40. The number of hydrogen-bond acceptors (Lipinski definition) is 9. The van der Waals surface area contributed by atoms with Crippen LogP contribution in [0.1, 0.15) is 77.7 Å². The molecule has 0 spiro atoms. The summed E-state index contributed by atoms with van der Waals surface area (Å²) in [6, 6.07) is 5.37. The molecule has 1 aromatic heterocycles. The van der Waals surface area contributed by atoms with Crippen molar-refractivity contribution in [3.63, 3.8) is 0 Å². The number of carbonyl (C=O) groups excluding carboxylic acids is 3. The van der Waals surface area contributed by atoms with Gasteiger partial charge in [0.25, 0.3) is 5.91 Å². The van der Waals surface area contributed by atoms with Crippen molar-refractivity contribution in [1.82, 2.24) is 25.2 Å². The lowest BCUT2D eigenvalue weighted by Gasteiger charge is -2.32. The average molecular weight is 738 g/mol. The van der Waals surface area contributed by atoms with Gasteiger partial charge in [0.2, 0.25) is 33.6 Å². The molecule has 0 bridgehead atoms. The van der Waals surface area contributed by atoms with E-state index in [1.54, 1.807) is 6.92 Å². The predicted molar refractivity (Wildman–Crippen MR) is 190 cm³/mol. The van der Waals surface area contributed by atoms with Gasteiger partial charge in [-0.3, -0.25) is 19.1 Å². The second kappa shape index (κ2) is 13.5. The Kier molecular flexibility index (Phi) is 9.37. The van der Waals surface area contributed by atoms with Crippen LogP contribution in [0.15, 0.2) is 36.4 Å². The van der Waals surface area contributed by atoms with Crippen molar-refractivity contribution in [1.29, 1.82) is 0 Å². The standard InChI is InChI=1S/C37H47N5O9S/c1-21-9-4-5-10-23-19-37(23,34(45)41-52(48,49)36(3)14-15-36)40-30(43)28-18-24(20-42(28)33(44)29(22(2)17-21)38-35(46)47)51-32-27-12-7-6-11-25(27)26-13-8-16-50-31(26)39-32/h5-7,10-12,21-24,28-29,38H,4,8-9,13-20H2,1-3H3,(H,40,43)(H,41,45)(H,46,47)/t21-,22+,23+,24+,28-,29-,37+/m0/s1. The van der Waals surface area contributed by atoms with Gasteiger partial charge >= 0.3 is 6.09 Å². The summed E-state index contributed by atoms with van der Waals surface area (Å²) >= 11 is 0. The monoisotopic (exact) mass is 737 g/mol. The number of carbonyl (C=O) groups is 4. The number of hydrogen-bond donors (Lipinski definition) is 4. The topological polar surface area (TPSA) is 193 Å². The van der Waals surface area contributed by atoms with Crippen LogP contribution in [0.25, 0.3) is 10.8 Å². The third-order valence-electron chi connectivity index (χ3n) is 11.6. The molecule has 2 saturated carbocycles. The van der Waals surface area contributed by atoms with Gasteiger partial charge in [0.15, 0.2) is 0 Å². The van der Waals surface area contributed by atoms with E-state index in [0.29, 0.717) is 44.1 Å². The third kappa shape index (κ3) is 6.79. The van der Waals surface area contributed by atoms with Gasteiger partial charge in [0.05, 0.1) is 17.9 Å². The molecule has 2 aromatic rings. The van der Waals surface area contributed by atoms with E-state index in [1.807, 2.05) is 50.3 Å². The fourth-order valence-electron chi connectivity index (χ4n) is 8.02. The van der Waals surface area contributed by atoms with Crippen LogP contribution >= 0.6 is 0 Å². The van der Waals surface area contributed by atoms with Crippen molar-refractivity contribution in [3.05, 3.63) is 42.0 Å². The summed E-state index contributed by atoms with van der Waals surface area (Å²) in [5.41, 5.74) is -0.548. The molecular weight excluding hydrogens is 691 g/mol. The second-order valence-corrected chi connectivity index (χ2v) is 17.8. The van der Waals surface area contributed by atoms with E-state index in [0.717, 1.165) is 35.6 Å². The van der Waals surface area contributed by atoms with Crippen LogP contribution in [0.4, 0.5) is 4.79 Å². The second-order valence-electron chi connectivity index (χ2n) is 15.6. The van der Waals surface area contributed by atoms with E-state index in [1.165, 1.54) is 4.90 Å². The molecule has 1 saturated heterocycles. The number of fused-ring (bicyclic) bond motifs is 5. The average Bonchev–Trinajstić information content (AvgIpc) is 3.98. The molecule has 0 unspecified atom stereocenters. The summed E-state index contributed by atoms with van der Waals surface area (Å²) in [6.45, 7) is 5.90. The number of allylic oxidation sites excluding steroid dienone is 1. The van der Waals surface area contributed by atoms with Gasteiger partial charge in [-0.05, 0) is 81.6 Å². The lowest BCUT2D eigenvalue weighted by Crippen LogP contribution is -2.59. The van der Waals surface area contributed by atoms with E-state index >= 15 is 0 Å². The molecule has 14 nitrogen and oxygen atoms in total. The molecule has 15 heteroatoms. The lowest BCUT2D eigenvalue weighted by atomic mass is 9.88. The smallest absolute Gasteiger partial charge is 0.405 e. The van der Waals surface area contributed by atoms with Gasteiger partial charge < -0.3 is 30.1 Å². The highest BCUT2D eigenvalue weighted by atomic mass is 32.2. The van der Waals surface area contributed by atoms with Crippen LogP contribution in [0.5, 0.6) is 11.8 Å².